The van der Waals surface area contributed by atoms with Crippen LogP contribution in [0.3, 0.4) is 0 Å². The fourth-order valence-electron chi connectivity index (χ4n) is 0. The molecular weight excluding hydrogens is 216 g/mol. The van der Waals surface area contributed by atoms with Crippen molar-refractivity contribution in [2.45, 2.75) is 6.92 Å². The maximum atomic E-state index is 8.89. The van der Waals surface area contributed by atoms with E-state index in [2.05, 4.69) is 0 Å². The zero-order chi connectivity index (χ0) is 3.58. The van der Waals surface area contributed by atoms with Crippen LogP contribution in [-0.4, -0.2) is 22.4 Å². The van der Waals surface area contributed by atoms with Crippen LogP contribution in [0.15, 0.2) is 0 Å². The molecule has 6 N–H and O–H groups in total. The molecule has 0 saturated carbocycles. The van der Waals surface area contributed by atoms with Crippen LogP contribution in [0.5, 0.6) is 0 Å². The number of carbonyl (C=O) groups is 1. The molecule has 0 aromatic heterocycles. The number of aliphatic carboxylic acids is 1. The van der Waals surface area contributed by atoms with Crippen molar-refractivity contribution in [2.24, 2.45) is 0 Å². The van der Waals surface area contributed by atoms with Crippen molar-refractivity contribution in [1.29, 1.82) is 0 Å². The summed E-state index contributed by atoms with van der Waals surface area (Å²) in [5.74, 6) is -1.08. The van der Waals surface area contributed by atoms with E-state index in [9.17, 15) is 0 Å². The van der Waals surface area contributed by atoms with Gasteiger partial charge < -0.3 is 26.3 Å². The van der Waals surface area contributed by atoms with E-state index < -0.39 is 5.97 Å². The van der Waals surface area contributed by atoms with Gasteiger partial charge in [0.1, 0.15) is 0 Å². The van der Waals surface area contributed by atoms with Crippen molar-refractivity contribution in [3.05, 3.63) is 0 Å². The minimum atomic E-state index is -1.08. The molecule has 0 aliphatic carbocycles. The molecule has 0 radical (unpaired) electrons. The monoisotopic (exact) mass is 227 g/mol. The van der Waals surface area contributed by atoms with Gasteiger partial charge in [-0.2, -0.15) is 0 Å². The van der Waals surface area contributed by atoms with Gasteiger partial charge in [0.05, 0.1) is 0 Å². The second-order valence-corrected chi connectivity index (χ2v) is 0.492. The molecule has 0 aliphatic rings. The van der Waals surface area contributed by atoms with Gasteiger partial charge in [-0.05, 0) is 6.92 Å². The average Bonchev–Trinajstić information content (AvgIpc) is 0.811. The van der Waals surface area contributed by atoms with Crippen LogP contribution in [0.4, 0.5) is 0 Å². The van der Waals surface area contributed by atoms with Crippen LogP contribution in [0, 0.1) is 0 Å². The molecule has 0 spiro atoms. The Morgan fingerprint density at radius 1 is 1.25 bits per heavy atom. The molecule has 0 aromatic rings. The largest absolute Gasteiger partial charge is 2.00 e. The Morgan fingerprint density at radius 2 is 1.25 bits per heavy atom. The van der Waals surface area contributed by atoms with Gasteiger partial charge in [-0.15, -0.1) is 0 Å². The van der Waals surface area contributed by atoms with Gasteiger partial charge >= 0.3 is 27.3 Å². The summed E-state index contributed by atoms with van der Waals surface area (Å²) in [6, 6.07) is 0. The maximum Gasteiger partial charge on any atom is 2.00 e. The second kappa shape index (κ2) is 26.7. The molecule has 0 saturated heterocycles. The normalized spacial score (nSPS) is 3.12. The van der Waals surface area contributed by atoms with Crippen LogP contribution in [0.2, 0.25) is 0 Å². The van der Waals surface area contributed by atoms with Gasteiger partial charge in [0.2, 0.25) is 0 Å². The first-order valence-corrected chi connectivity index (χ1v) is 0.908. The molecule has 0 bridgehead atoms. The molecule has 48 valence electrons. The Labute approximate surface area is 66.8 Å². The SMILES string of the molecule is CC(=O)[O-].O.O.O.[Cd+2]. The Balaban J connectivity index is -0.00000000750. The Bertz CT molecular complexity index is 33.4. The summed E-state index contributed by atoms with van der Waals surface area (Å²) in [4.78, 5) is 8.89. The fraction of sp³-hybridized carbons (Fsp3) is 0.500. The van der Waals surface area contributed by atoms with E-state index in [1.54, 1.807) is 0 Å². The standard InChI is InChI=1S/C2H4O2.Cd.3H2O/c1-2(3)4;;;;/h1H3,(H,3,4);;3*1H2/q;+2;;;/p-1. The molecule has 0 rings (SSSR count). The fourth-order valence-corrected chi connectivity index (χ4v) is 0. The number of carbonyl (C=O) groups excluding carboxylic acids is 1. The van der Waals surface area contributed by atoms with Crippen LogP contribution >= 0.6 is 0 Å². The quantitative estimate of drug-likeness (QED) is 0.392. The molecule has 8 heavy (non-hydrogen) atoms. The summed E-state index contributed by atoms with van der Waals surface area (Å²) in [6.45, 7) is 0.972. The summed E-state index contributed by atoms with van der Waals surface area (Å²) in [7, 11) is 0. The van der Waals surface area contributed by atoms with Crippen molar-refractivity contribution in [1.82, 2.24) is 0 Å². The molecule has 0 fully saturated rings. The predicted molar refractivity (Wildman–Crippen MR) is 21.5 cm³/mol. The molecule has 0 heterocycles. The van der Waals surface area contributed by atoms with E-state index >= 15 is 0 Å². The second-order valence-electron chi connectivity index (χ2n) is 0.492. The Hall–Kier alpha value is 0.272. The number of carboxylic acid groups (broad SMARTS) is 1. The van der Waals surface area contributed by atoms with Gasteiger partial charge in [-0.3, -0.25) is 0 Å². The van der Waals surface area contributed by atoms with Gasteiger partial charge in [-0.1, -0.05) is 0 Å². The van der Waals surface area contributed by atoms with E-state index in [-0.39, 0.29) is 43.7 Å². The van der Waals surface area contributed by atoms with Crippen molar-refractivity contribution >= 4 is 5.97 Å². The Kier molecular flexibility index (Phi) is 136. The van der Waals surface area contributed by atoms with E-state index in [0.717, 1.165) is 6.92 Å². The number of hydrogen-bond donors (Lipinski definition) is 0. The zero-order valence-electron chi connectivity index (χ0n) is 4.52. The van der Waals surface area contributed by atoms with Crippen molar-refractivity contribution in [3.8, 4) is 0 Å². The molecule has 5 nitrogen and oxygen atoms in total. The van der Waals surface area contributed by atoms with Crippen molar-refractivity contribution in [3.63, 3.8) is 0 Å². The number of carboxylic acids is 1. The molecule has 0 aromatic carbocycles. The smallest absolute Gasteiger partial charge is 0.550 e. The molecule has 0 aliphatic heterocycles. The van der Waals surface area contributed by atoms with E-state index in [1.165, 1.54) is 0 Å². The molecule has 0 atom stereocenters. The van der Waals surface area contributed by atoms with E-state index in [1.807, 2.05) is 0 Å². The molecule has 0 amide bonds. The van der Waals surface area contributed by atoms with Crippen LogP contribution in [0.1, 0.15) is 6.92 Å². The molecule has 0 unspecified atom stereocenters. The molecule has 6 heteroatoms. The van der Waals surface area contributed by atoms with Crippen LogP contribution in [0.25, 0.3) is 0 Å². The van der Waals surface area contributed by atoms with E-state index in [0.29, 0.717) is 0 Å². The minimum absolute atomic E-state index is 0. The first-order valence-electron chi connectivity index (χ1n) is 0.908. The number of hydrogen-bond acceptors (Lipinski definition) is 2. The third-order valence-electron chi connectivity index (χ3n) is 0. The van der Waals surface area contributed by atoms with E-state index in [4.69, 9.17) is 9.90 Å². The van der Waals surface area contributed by atoms with Crippen LogP contribution < -0.4 is 5.11 Å². The van der Waals surface area contributed by atoms with Gasteiger partial charge in [-0.25, -0.2) is 0 Å². The summed E-state index contributed by atoms with van der Waals surface area (Å²) >= 11 is 0. The first-order chi connectivity index (χ1) is 1.73. The third kappa shape index (κ3) is 2350. The number of rotatable bonds is 0. The third-order valence-corrected chi connectivity index (χ3v) is 0. The maximum absolute atomic E-state index is 8.89. The van der Waals surface area contributed by atoms with Crippen LogP contribution in [-0.2, 0) is 32.1 Å². The summed E-state index contributed by atoms with van der Waals surface area (Å²) in [5, 5.41) is 8.89. The predicted octanol–water partition coefficient (Wildman–Crippen LogP) is -3.72. The summed E-state index contributed by atoms with van der Waals surface area (Å²) in [5.41, 5.74) is 0. The first kappa shape index (κ1) is 40.9. The minimum Gasteiger partial charge on any atom is -0.550 e. The Morgan fingerprint density at radius 3 is 1.25 bits per heavy atom. The van der Waals surface area contributed by atoms with Gasteiger partial charge in [0, 0.05) is 5.97 Å². The van der Waals surface area contributed by atoms with Crippen molar-refractivity contribution in [2.75, 3.05) is 0 Å². The average molecular weight is 226 g/mol. The summed E-state index contributed by atoms with van der Waals surface area (Å²) < 4.78 is 0. The van der Waals surface area contributed by atoms with Gasteiger partial charge in [0.15, 0.2) is 0 Å². The topological polar surface area (TPSA) is 135 Å². The van der Waals surface area contributed by atoms with Crippen molar-refractivity contribution < 1.29 is 53.6 Å². The van der Waals surface area contributed by atoms with Gasteiger partial charge in [0.25, 0.3) is 0 Å². The zero-order valence-corrected chi connectivity index (χ0v) is 8.56. The summed E-state index contributed by atoms with van der Waals surface area (Å²) in [6.07, 6.45) is 0. The molecular formula is C2H9CdO5+.